The van der Waals surface area contributed by atoms with Gasteiger partial charge in [-0.1, -0.05) is 25.2 Å². The van der Waals surface area contributed by atoms with Gasteiger partial charge in [0.05, 0.1) is 7.11 Å². The number of hydrogen-bond acceptors (Lipinski definition) is 1. The standard InChI is InChI=1S/C10H16O/c1-5-7-10(11-4)8-9(3)6-2/h5,7-8H,1,6H2,2-4H3/b9-8+,10-7+. The van der Waals surface area contributed by atoms with Gasteiger partial charge in [0.25, 0.3) is 0 Å². The van der Waals surface area contributed by atoms with Crippen molar-refractivity contribution in [2.45, 2.75) is 20.3 Å². The van der Waals surface area contributed by atoms with Crippen LogP contribution in [0.4, 0.5) is 0 Å². The first-order chi connectivity index (χ1) is 5.24. The molecule has 0 aromatic rings. The zero-order valence-electron chi connectivity index (χ0n) is 7.55. The maximum absolute atomic E-state index is 5.08. The van der Waals surface area contributed by atoms with Gasteiger partial charge in [-0.05, 0) is 25.5 Å². The second kappa shape index (κ2) is 5.78. The molecule has 0 rings (SSSR count). The van der Waals surface area contributed by atoms with Gasteiger partial charge in [0.2, 0.25) is 0 Å². The summed E-state index contributed by atoms with van der Waals surface area (Å²) in [6.07, 6.45) is 6.64. The van der Waals surface area contributed by atoms with Crippen molar-refractivity contribution >= 4 is 0 Å². The van der Waals surface area contributed by atoms with Crippen molar-refractivity contribution in [3.63, 3.8) is 0 Å². The molecule has 0 atom stereocenters. The molecule has 62 valence electrons. The largest absolute Gasteiger partial charge is 0.497 e. The smallest absolute Gasteiger partial charge is 0.118 e. The summed E-state index contributed by atoms with van der Waals surface area (Å²) < 4.78 is 5.08. The molecule has 0 saturated carbocycles. The van der Waals surface area contributed by atoms with Gasteiger partial charge in [-0.25, -0.2) is 0 Å². The van der Waals surface area contributed by atoms with E-state index in [-0.39, 0.29) is 0 Å². The van der Waals surface area contributed by atoms with Gasteiger partial charge in [0.15, 0.2) is 0 Å². The molecule has 1 heteroatoms. The summed E-state index contributed by atoms with van der Waals surface area (Å²) in [6, 6.07) is 0. The van der Waals surface area contributed by atoms with Crippen LogP contribution in [0, 0.1) is 0 Å². The van der Waals surface area contributed by atoms with Crippen LogP contribution >= 0.6 is 0 Å². The Kier molecular flexibility index (Phi) is 5.26. The van der Waals surface area contributed by atoms with E-state index in [1.165, 1.54) is 5.57 Å². The van der Waals surface area contributed by atoms with Crippen molar-refractivity contribution in [3.8, 4) is 0 Å². The van der Waals surface area contributed by atoms with E-state index in [2.05, 4.69) is 20.4 Å². The maximum Gasteiger partial charge on any atom is 0.118 e. The second-order valence-electron chi connectivity index (χ2n) is 2.35. The predicted molar refractivity (Wildman–Crippen MR) is 49.3 cm³/mol. The molecular formula is C10H16O. The third kappa shape index (κ3) is 4.43. The quantitative estimate of drug-likeness (QED) is 0.444. The lowest BCUT2D eigenvalue weighted by Crippen LogP contribution is -1.82. The van der Waals surface area contributed by atoms with Gasteiger partial charge in [-0.3, -0.25) is 0 Å². The highest BCUT2D eigenvalue weighted by molar-refractivity contribution is 5.20. The van der Waals surface area contributed by atoms with Crippen LogP contribution in [0.3, 0.4) is 0 Å². The van der Waals surface area contributed by atoms with Crippen LogP contribution in [0.5, 0.6) is 0 Å². The molecule has 0 aromatic heterocycles. The zero-order valence-corrected chi connectivity index (χ0v) is 7.55. The molecule has 0 aliphatic heterocycles. The molecule has 0 aliphatic carbocycles. The molecule has 0 fully saturated rings. The van der Waals surface area contributed by atoms with Gasteiger partial charge >= 0.3 is 0 Å². The number of allylic oxidation sites excluding steroid dienone is 4. The molecule has 1 nitrogen and oxygen atoms in total. The minimum atomic E-state index is 0.861. The van der Waals surface area contributed by atoms with E-state index in [1.807, 2.05) is 12.2 Å². The van der Waals surface area contributed by atoms with Crippen molar-refractivity contribution in [2.24, 2.45) is 0 Å². The lowest BCUT2D eigenvalue weighted by atomic mass is 10.2. The minimum absolute atomic E-state index is 0.861. The summed E-state index contributed by atoms with van der Waals surface area (Å²) in [5, 5.41) is 0. The Hall–Kier alpha value is -0.980. The van der Waals surface area contributed by atoms with Gasteiger partial charge in [0.1, 0.15) is 5.76 Å². The molecular weight excluding hydrogens is 136 g/mol. The van der Waals surface area contributed by atoms with Crippen LogP contribution in [0.2, 0.25) is 0 Å². The summed E-state index contributed by atoms with van der Waals surface area (Å²) in [6.45, 7) is 7.79. The topological polar surface area (TPSA) is 9.23 Å². The molecule has 0 unspecified atom stereocenters. The van der Waals surface area contributed by atoms with Gasteiger partial charge in [0, 0.05) is 0 Å². The summed E-state index contributed by atoms with van der Waals surface area (Å²) in [5.74, 6) is 0.861. The van der Waals surface area contributed by atoms with Gasteiger partial charge < -0.3 is 4.74 Å². The number of hydrogen-bond donors (Lipinski definition) is 0. The Balaban J connectivity index is 4.28. The van der Waals surface area contributed by atoms with Crippen LogP contribution in [0.25, 0.3) is 0 Å². The molecule has 0 saturated heterocycles. The maximum atomic E-state index is 5.08. The Morgan fingerprint density at radius 2 is 2.18 bits per heavy atom. The van der Waals surface area contributed by atoms with E-state index in [9.17, 15) is 0 Å². The first-order valence-corrected chi connectivity index (χ1v) is 3.78. The van der Waals surface area contributed by atoms with Crippen LogP contribution < -0.4 is 0 Å². The van der Waals surface area contributed by atoms with Gasteiger partial charge in [-0.2, -0.15) is 0 Å². The highest BCUT2D eigenvalue weighted by atomic mass is 16.5. The predicted octanol–water partition coefficient (Wildman–Crippen LogP) is 3.06. The third-order valence-corrected chi connectivity index (χ3v) is 1.46. The molecule has 0 aromatic carbocycles. The van der Waals surface area contributed by atoms with Crippen molar-refractivity contribution in [3.05, 3.63) is 36.1 Å². The SMILES string of the molecule is C=C/C=C(\C=C(/C)CC)OC. The summed E-state index contributed by atoms with van der Waals surface area (Å²) >= 11 is 0. The minimum Gasteiger partial charge on any atom is -0.497 e. The number of rotatable bonds is 4. The van der Waals surface area contributed by atoms with E-state index in [0.717, 1.165) is 12.2 Å². The fourth-order valence-electron chi connectivity index (χ4n) is 0.636. The van der Waals surface area contributed by atoms with Crippen LogP contribution in [0.1, 0.15) is 20.3 Å². The van der Waals surface area contributed by atoms with E-state index < -0.39 is 0 Å². The Labute approximate surface area is 69.1 Å². The highest BCUT2D eigenvalue weighted by Gasteiger charge is 1.89. The molecule has 0 radical (unpaired) electrons. The van der Waals surface area contributed by atoms with Crippen LogP contribution in [0.15, 0.2) is 36.1 Å². The Morgan fingerprint density at radius 1 is 1.55 bits per heavy atom. The Bertz CT molecular complexity index is 175. The lowest BCUT2D eigenvalue weighted by molar-refractivity contribution is 0.306. The average Bonchev–Trinajstić information content (AvgIpc) is 2.03. The van der Waals surface area contributed by atoms with Gasteiger partial charge in [-0.15, -0.1) is 0 Å². The van der Waals surface area contributed by atoms with E-state index in [0.29, 0.717) is 0 Å². The molecule has 11 heavy (non-hydrogen) atoms. The molecule has 0 spiro atoms. The van der Waals surface area contributed by atoms with Crippen LogP contribution in [-0.2, 0) is 4.74 Å². The van der Waals surface area contributed by atoms with Crippen LogP contribution in [-0.4, -0.2) is 7.11 Å². The lowest BCUT2D eigenvalue weighted by Gasteiger charge is -2.00. The summed E-state index contributed by atoms with van der Waals surface area (Å²) in [4.78, 5) is 0. The van der Waals surface area contributed by atoms with E-state index >= 15 is 0 Å². The normalized spacial score (nSPS) is 13.0. The average molecular weight is 152 g/mol. The highest BCUT2D eigenvalue weighted by Crippen LogP contribution is 2.05. The summed E-state index contributed by atoms with van der Waals surface area (Å²) in [7, 11) is 1.66. The van der Waals surface area contributed by atoms with Crippen molar-refractivity contribution < 1.29 is 4.74 Å². The zero-order chi connectivity index (χ0) is 8.69. The molecule has 0 N–H and O–H groups in total. The van der Waals surface area contributed by atoms with Crippen molar-refractivity contribution in [1.29, 1.82) is 0 Å². The fourth-order valence-corrected chi connectivity index (χ4v) is 0.636. The van der Waals surface area contributed by atoms with E-state index in [1.54, 1.807) is 13.2 Å². The first-order valence-electron chi connectivity index (χ1n) is 3.78. The second-order valence-corrected chi connectivity index (χ2v) is 2.35. The summed E-state index contributed by atoms with van der Waals surface area (Å²) in [5.41, 5.74) is 1.31. The molecule has 0 aliphatic rings. The monoisotopic (exact) mass is 152 g/mol. The Morgan fingerprint density at radius 3 is 2.55 bits per heavy atom. The first kappa shape index (κ1) is 10.0. The number of methoxy groups -OCH3 is 1. The van der Waals surface area contributed by atoms with Crippen molar-refractivity contribution in [2.75, 3.05) is 7.11 Å². The van der Waals surface area contributed by atoms with Crippen molar-refractivity contribution in [1.82, 2.24) is 0 Å². The molecule has 0 amide bonds. The molecule has 0 bridgehead atoms. The number of ether oxygens (including phenoxy) is 1. The third-order valence-electron chi connectivity index (χ3n) is 1.46. The fraction of sp³-hybridized carbons (Fsp3) is 0.400. The van der Waals surface area contributed by atoms with E-state index in [4.69, 9.17) is 4.74 Å². The molecule has 0 heterocycles.